The Morgan fingerprint density at radius 2 is 1.72 bits per heavy atom. The van der Waals surface area contributed by atoms with Crippen LogP contribution >= 0.6 is 11.6 Å². The quantitative estimate of drug-likeness (QED) is 0.294. The minimum atomic E-state index is -5.01. The molecular formula is C23H19ClF6N6O3. The molecule has 0 saturated heterocycles. The van der Waals surface area contributed by atoms with Gasteiger partial charge in [0.15, 0.2) is 35.5 Å². The highest BCUT2D eigenvalue weighted by molar-refractivity contribution is 6.30. The lowest BCUT2D eigenvalue weighted by molar-refractivity contribution is -0.207. The summed E-state index contributed by atoms with van der Waals surface area (Å²) in [6, 6.07) is 11.1. The predicted octanol–water partition coefficient (Wildman–Crippen LogP) is 4.55. The third-order valence-corrected chi connectivity index (χ3v) is 5.64. The van der Waals surface area contributed by atoms with Crippen LogP contribution < -0.4 is 10.4 Å². The van der Waals surface area contributed by atoms with E-state index in [9.17, 15) is 36.2 Å². The molecule has 0 amide bonds. The van der Waals surface area contributed by atoms with Gasteiger partial charge in [0, 0.05) is 10.6 Å². The van der Waals surface area contributed by atoms with Crippen molar-refractivity contribution < 1.29 is 36.2 Å². The molecule has 2 atom stereocenters. The van der Waals surface area contributed by atoms with Crippen molar-refractivity contribution in [2.45, 2.75) is 45.1 Å². The minimum Gasteiger partial charge on any atom is -0.433 e. The molecular weight excluding hydrogens is 558 g/mol. The Balaban J connectivity index is 1.77. The number of hydrogen-bond acceptors (Lipinski definition) is 6. The second-order valence-electron chi connectivity index (χ2n) is 8.20. The Hall–Kier alpha value is -3.85. The van der Waals surface area contributed by atoms with Gasteiger partial charge in [0.25, 0.3) is 0 Å². The van der Waals surface area contributed by atoms with E-state index in [4.69, 9.17) is 11.6 Å². The van der Waals surface area contributed by atoms with Crippen molar-refractivity contribution in [2.75, 3.05) is 0 Å². The molecule has 9 nitrogen and oxygen atoms in total. The van der Waals surface area contributed by atoms with Gasteiger partial charge in [0.1, 0.15) is 12.2 Å². The average Bonchev–Trinajstić information content (AvgIpc) is 3.41. The SMILES string of the molecule is CC(F)c1nc(Cn2nc(-c3ccc(Cl)cc3)n(C[C@H](O)C(F)(F)F)c2=O)nn1-c1ccccc1OC(F)F. The van der Waals surface area contributed by atoms with Gasteiger partial charge in [-0.1, -0.05) is 23.7 Å². The standard InChI is InChI=1S/C23H19ClF6N6O3/c1-12(25)19-31-18(32-36(19)15-4-2-3-5-16(15)39-21(26)27)11-35-22(38)34(10-17(37)23(28,29)30)20(33-35)13-6-8-14(24)9-7-13/h2-9,12,17,21,37H,10-11H2,1H3/t12?,17-/m0/s1. The van der Waals surface area contributed by atoms with Gasteiger partial charge in [-0.25, -0.2) is 23.5 Å². The van der Waals surface area contributed by atoms with Crippen molar-refractivity contribution in [3.05, 3.63) is 75.7 Å². The number of hydrogen-bond donors (Lipinski definition) is 1. The maximum absolute atomic E-state index is 14.4. The largest absolute Gasteiger partial charge is 0.433 e. The van der Waals surface area contributed by atoms with Crippen LogP contribution in [0.15, 0.2) is 53.3 Å². The molecule has 0 bridgehead atoms. The zero-order chi connectivity index (χ0) is 28.5. The zero-order valence-electron chi connectivity index (χ0n) is 19.9. The lowest BCUT2D eigenvalue weighted by Crippen LogP contribution is -2.37. The third-order valence-electron chi connectivity index (χ3n) is 5.39. The first-order valence-electron chi connectivity index (χ1n) is 11.2. The Morgan fingerprint density at radius 1 is 1.05 bits per heavy atom. The normalized spacial score (nSPS) is 13.6. The first-order valence-corrected chi connectivity index (χ1v) is 11.6. The number of aliphatic hydroxyl groups is 1. The van der Waals surface area contributed by atoms with E-state index in [2.05, 4.69) is 19.9 Å². The molecule has 0 aliphatic carbocycles. The van der Waals surface area contributed by atoms with Gasteiger partial charge in [0.05, 0.1) is 6.54 Å². The maximum atomic E-state index is 14.4. The molecule has 2 aromatic heterocycles. The Labute approximate surface area is 220 Å². The van der Waals surface area contributed by atoms with Crippen LogP contribution in [-0.2, 0) is 13.1 Å². The highest BCUT2D eigenvalue weighted by Crippen LogP contribution is 2.28. The predicted molar refractivity (Wildman–Crippen MR) is 126 cm³/mol. The van der Waals surface area contributed by atoms with Gasteiger partial charge >= 0.3 is 18.5 Å². The summed E-state index contributed by atoms with van der Waals surface area (Å²) in [6.45, 7) is -3.74. The number of rotatable bonds is 9. The van der Waals surface area contributed by atoms with Gasteiger partial charge < -0.3 is 9.84 Å². The fourth-order valence-corrected chi connectivity index (χ4v) is 3.76. The van der Waals surface area contributed by atoms with Crippen molar-refractivity contribution in [2.24, 2.45) is 0 Å². The number of nitrogens with zero attached hydrogens (tertiary/aromatic N) is 6. The van der Waals surface area contributed by atoms with Crippen LogP contribution in [-0.4, -0.2) is 53.1 Å². The number of alkyl halides is 6. The lowest BCUT2D eigenvalue weighted by Gasteiger charge is -2.15. The Bertz CT molecular complexity index is 1500. The summed E-state index contributed by atoms with van der Waals surface area (Å²) in [7, 11) is 0. The lowest BCUT2D eigenvalue weighted by atomic mass is 10.2. The van der Waals surface area contributed by atoms with Crippen molar-refractivity contribution in [1.82, 2.24) is 29.1 Å². The summed E-state index contributed by atoms with van der Waals surface area (Å²) in [5.41, 5.74) is -0.890. The molecule has 0 fully saturated rings. The van der Waals surface area contributed by atoms with Crippen molar-refractivity contribution >= 4 is 11.6 Å². The van der Waals surface area contributed by atoms with Crippen LogP contribution in [0.3, 0.4) is 0 Å². The Kier molecular flexibility index (Phi) is 8.02. The first kappa shape index (κ1) is 28.2. The zero-order valence-corrected chi connectivity index (χ0v) is 20.6. The van der Waals surface area contributed by atoms with Gasteiger partial charge in [-0.15, -0.1) is 10.2 Å². The van der Waals surface area contributed by atoms with Crippen LogP contribution in [0, 0.1) is 0 Å². The van der Waals surface area contributed by atoms with E-state index in [1.54, 1.807) is 0 Å². The Morgan fingerprint density at radius 3 is 2.33 bits per heavy atom. The summed E-state index contributed by atoms with van der Waals surface area (Å²) in [4.78, 5) is 17.1. The second kappa shape index (κ2) is 11.1. The van der Waals surface area contributed by atoms with Crippen LogP contribution in [0.5, 0.6) is 5.75 Å². The van der Waals surface area contributed by atoms with Crippen LogP contribution in [0.25, 0.3) is 17.1 Å². The summed E-state index contributed by atoms with van der Waals surface area (Å²) in [6.07, 6.45) is -9.63. The fourth-order valence-electron chi connectivity index (χ4n) is 3.63. The molecule has 4 aromatic rings. The molecule has 4 rings (SSSR count). The highest BCUT2D eigenvalue weighted by Gasteiger charge is 2.39. The van der Waals surface area contributed by atoms with E-state index in [1.807, 2.05) is 0 Å². The number of para-hydroxylation sites is 2. The molecule has 16 heteroatoms. The van der Waals surface area contributed by atoms with E-state index in [-0.39, 0.29) is 34.5 Å². The fraction of sp³-hybridized carbons (Fsp3) is 0.304. The number of halogens is 7. The molecule has 208 valence electrons. The topological polar surface area (TPSA) is 100.0 Å². The van der Waals surface area contributed by atoms with Gasteiger partial charge in [-0.2, -0.15) is 22.0 Å². The number of benzene rings is 2. The number of aromatic nitrogens is 6. The molecule has 0 radical (unpaired) electrons. The molecule has 0 aliphatic heterocycles. The summed E-state index contributed by atoms with van der Waals surface area (Å²) < 4.78 is 86.2. The summed E-state index contributed by atoms with van der Waals surface area (Å²) in [5, 5.41) is 18.1. The average molecular weight is 577 g/mol. The smallest absolute Gasteiger partial charge is 0.416 e. The molecule has 1 N–H and O–H groups in total. The van der Waals surface area contributed by atoms with Gasteiger partial charge in [-0.05, 0) is 43.3 Å². The van der Waals surface area contributed by atoms with Crippen molar-refractivity contribution in [3.63, 3.8) is 0 Å². The molecule has 0 saturated carbocycles. The van der Waals surface area contributed by atoms with Crippen molar-refractivity contribution in [3.8, 4) is 22.8 Å². The number of ether oxygens (including phenoxy) is 1. The van der Waals surface area contributed by atoms with Crippen molar-refractivity contribution in [1.29, 1.82) is 0 Å². The van der Waals surface area contributed by atoms with E-state index in [0.29, 0.717) is 9.59 Å². The molecule has 0 spiro atoms. The maximum Gasteiger partial charge on any atom is 0.416 e. The molecule has 39 heavy (non-hydrogen) atoms. The van der Waals surface area contributed by atoms with Gasteiger partial charge in [-0.3, -0.25) is 4.57 Å². The second-order valence-corrected chi connectivity index (χ2v) is 8.64. The first-order chi connectivity index (χ1) is 18.3. The molecule has 2 heterocycles. The van der Waals surface area contributed by atoms with E-state index < -0.39 is 43.8 Å². The number of aliphatic hydroxyl groups excluding tert-OH is 1. The third kappa shape index (κ3) is 6.25. The minimum absolute atomic E-state index is 0.0657. The molecule has 1 unspecified atom stereocenters. The van der Waals surface area contributed by atoms with Crippen LogP contribution in [0.1, 0.15) is 24.7 Å². The highest BCUT2D eigenvalue weighted by atomic mass is 35.5. The summed E-state index contributed by atoms with van der Waals surface area (Å²) in [5.74, 6) is -1.05. The van der Waals surface area contributed by atoms with E-state index in [0.717, 1.165) is 16.3 Å². The van der Waals surface area contributed by atoms with Crippen LogP contribution in [0.2, 0.25) is 5.02 Å². The van der Waals surface area contributed by atoms with E-state index in [1.165, 1.54) is 48.5 Å². The van der Waals surface area contributed by atoms with Gasteiger partial charge in [0.2, 0.25) is 0 Å². The monoisotopic (exact) mass is 576 g/mol. The summed E-state index contributed by atoms with van der Waals surface area (Å²) >= 11 is 5.88. The van der Waals surface area contributed by atoms with E-state index >= 15 is 0 Å². The molecule has 0 aliphatic rings. The molecule has 2 aromatic carbocycles. The van der Waals surface area contributed by atoms with Crippen LogP contribution in [0.4, 0.5) is 26.3 Å².